The molecule has 0 spiro atoms. The summed E-state index contributed by atoms with van der Waals surface area (Å²) in [5.41, 5.74) is 0.977. The first-order valence-electron chi connectivity index (χ1n) is 3.29. The molecule has 0 bridgehead atoms. The van der Waals surface area contributed by atoms with Crippen LogP contribution >= 0.6 is 22.9 Å². The molecule has 0 atom stereocenters. The van der Waals surface area contributed by atoms with Crippen LogP contribution in [-0.4, -0.2) is 4.98 Å². The fraction of sp³-hybridized carbons (Fsp3) is 0.125. The Balaban J connectivity index is 2.79. The second-order valence-electron chi connectivity index (χ2n) is 2.22. The molecule has 2 aromatic heterocycles. The Bertz CT molecular complexity index is 369. The Labute approximate surface area is 73.6 Å². The third kappa shape index (κ3) is 1.12. The minimum absolute atomic E-state index is 0.494. The normalized spacial score (nSPS) is 10.6. The number of pyridine rings is 1. The molecule has 0 saturated heterocycles. The number of thiophene rings is 1. The molecule has 0 saturated carbocycles. The van der Waals surface area contributed by atoms with Crippen molar-refractivity contribution in [3.63, 3.8) is 0 Å². The van der Waals surface area contributed by atoms with Crippen molar-refractivity contribution < 1.29 is 0 Å². The van der Waals surface area contributed by atoms with Crippen LogP contribution in [0.1, 0.15) is 5.69 Å². The SMILES string of the molecule is ClCc1nccc2sccc12. The van der Waals surface area contributed by atoms with E-state index in [1.807, 2.05) is 6.07 Å². The summed E-state index contributed by atoms with van der Waals surface area (Å²) in [7, 11) is 0. The highest BCUT2D eigenvalue weighted by molar-refractivity contribution is 7.17. The van der Waals surface area contributed by atoms with Gasteiger partial charge in [0.05, 0.1) is 11.6 Å². The van der Waals surface area contributed by atoms with Gasteiger partial charge in [0.1, 0.15) is 0 Å². The van der Waals surface area contributed by atoms with Crippen LogP contribution in [0.15, 0.2) is 23.7 Å². The molecule has 0 N–H and O–H groups in total. The van der Waals surface area contributed by atoms with E-state index in [1.165, 1.54) is 10.1 Å². The molecule has 3 heteroatoms. The van der Waals surface area contributed by atoms with E-state index in [0.29, 0.717) is 5.88 Å². The van der Waals surface area contributed by atoms with E-state index in [1.54, 1.807) is 17.5 Å². The Hall–Kier alpha value is -0.600. The summed E-state index contributed by atoms with van der Waals surface area (Å²) in [6.45, 7) is 0. The van der Waals surface area contributed by atoms with Crippen molar-refractivity contribution in [3.05, 3.63) is 29.4 Å². The largest absolute Gasteiger partial charge is 0.259 e. The molecular formula is C8H6ClNS. The van der Waals surface area contributed by atoms with Gasteiger partial charge < -0.3 is 0 Å². The first-order chi connectivity index (χ1) is 5.42. The van der Waals surface area contributed by atoms with Crippen LogP contribution in [0.4, 0.5) is 0 Å². The Kier molecular flexibility index (Phi) is 1.80. The van der Waals surface area contributed by atoms with Gasteiger partial charge in [-0.3, -0.25) is 4.98 Å². The van der Waals surface area contributed by atoms with E-state index in [-0.39, 0.29) is 0 Å². The molecule has 11 heavy (non-hydrogen) atoms. The maximum Gasteiger partial charge on any atom is 0.0653 e. The van der Waals surface area contributed by atoms with Crippen molar-refractivity contribution in [2.45, 2.75) is 5.88 Å². The second kappa shape index (κ2) is 2.80. The number of aromatic nitrogens is 1. The summed E-state index contributed by atoms with van der Waals surface area (Å²) >= 11 is 7.42. The van der Waals surface area contributed by atoms with Gasteiger partial charge in [-0.05, 0) is 17.5 Å². The van der Waals surface area contributed by atoms with Gasteiger partial charge in [-0.2, -0.15) is 0 Å². The number of rotatable bonds is 1. The number of fused-ring (bicyclic) bond motifs is 1. The number of halogens is 1. The zero-order chi connectivity index (χ0) is 7.68. The van der Waals surface area contributed by atoms with Crippen molar-refractivity contribution in [2.75, 3.05) is 0 Å². The molecule has 2 heterocycles. The van der Waals surface area contributed by atoms with Gasteiger partial charge >= 0.3 is 0 Å². The van der Waals surface area contributed by atoms with Gasteiger partial charge in [0, 0.05) is 16.3 Å². The van der Waals surface area contributed by atoms with Crippen molar-refractivity contribution in [1.82, 2.24) is 4.98 Å². The molecule has 0 aliphatic rings. The highest BCUT2D eigenvalue weighted by Gasteiger charge is 2.00. The lowest BCUT2D eigenvalue weighted by atomic mass is 10.3. The van der Waals surface area contributed by atoms with E-state index in [2.05, 4.69) is 16.4 Å². The quantitative estimate of drug-likeness (QED) is 0.620. The summed E-state index contributed by atoms with van der Waals surface area (Å²) in [5.74, 6) is 0.494. The van der Waals surface area contributed by atoms with Gasteiger partial charge in [-0.25, -0.2) is 0 Å². The zero-order valence-electron chi connectivity index (χ0n) is 5.75. The minimum atomic E-state index is 0.494. The van der Waals surface area contributed by atoms with E-state index in [0.717, 1.165) is 5.69 Å². The van der Waals surface area contributed by atoms with E-state index < -0.39 is 0 Å². The van der Waals surface area contributed by atoms with Crippen LogP contribution in [0.3, 0.4) is 0 Å². The molecule has 56 valence electrons. The summed E-state index contributed by atoms with van der Waals surface area (Å²) in [6.07, 6.45) is 1.80. The second-order valence-corrected chi connectivity index (χ2v) is 3.44. The molecule has 1 nitrogen and oxygen atoms in total. The van der Waals surface area contributed by atoms with E-state index in [9.17, 15) is 0 Å². The summed E-state index contributed by atoms with van der Waals surface area (Å²) in [5, 5.41) is 3.25. The Morgan fingerprint density at radius 2 is 2.36 bits per heavy atom. The lowest BCUT2D eigenvalue weighted by Crippen LogP contribution is -1.82. The van der Waals surface area contributed by atoms with Gasteiger partial charge in [0.15, 0.2) is 0 Å². The number of alkyl halides is 1. The first kappa shape index (κ1) is 7.07. The third-order valence-electron chi connectivity index (χ3n) is 1.59. The monoisotopic (exact) mass is 183 g/mol. The fourth-order valence-corrected chi connectivity index (χ4v) is 2.08. The number of hydrogen-bond acceptors (Lipinski definition) is 2. The Morgan fingerprint density at radius 3 is 3.18 bits per heavy atom. The molecule has 0 unspecified atom stereocenters. The predicted molar refractivity (Wildman–Crippen MR) is 49.2 cm³/mol. The highest BCUT2D eigenvalue weighted by Crippen LogP contribution is 2.23. The van der Waals surface area contributed by atoms with E-state index in [4.69, 9.17) is 11.6 Å². The fourth-order valence-electron chi connectivity index (χ4n) is 1.06. The van der Waals surface area contributed by atoms with Gasteiger partial charge in [0.2, 0.25) is 0 Å². The van der Waals surface area contributed by atoms with Crippen LogP contribution in [0.5, 0.6) is 0 Å². The molecule has 2 aromatic rings. The lowest BCUT2D eigenvalue weighted by molar-refractivity contribution is 1.21. The van der Waals surface area contributed by atoms with Crippen molar-refractivity contribution in [1.29, 1.82) is 0 Å². The maximum atomic E-state index is 5.70. The average molecular weight is 184 g/mol. The predicted octanol–water partition coefficient (Wildman–Crippen LogP) is 3.04. The third-order valence-corrected chi connectivity index (χ3v) is 2.72. The molecular weight excluding hydrogens is 178 g/mol. The van der Waals surface area contributed by atoms with Crippen LogP contribution in [0.2, 0.25) is 0 Å². The molecule has 0 aliphatic carbocycles. The minimum Gasteiger partial charge on any atom is -0.259 e. The van der Waals surface area contributed by atoms with Crippen molar-refractivity contribution in [2.24, 2.45) is 0 Å². The Morgan fingerprint density at radius 1 is 1.45 bits per heavy atom. The highest BCUT2D eigenvalue weighted by atomic mass is 35.5. The van der Waals surface area contributed by atoms with E-state index >= 15 is 0 Å². The molecule has 0 aromatic carbocycles. The summed E-state index contributed by atoms with van der Waals surface area (Å²) < 4.78 is 1.26. The average Bonchev–Trinajstić information content (AvgIpc) is 2.50. The zero-order valence-corrected chi connectivity index (χ0v) is 7.32. The first-order valence-corrected chi connectivity index (χ1v) is 4.70. The molecule has 0 radical (unpaired) electrons. The lowest BCUT2D eigenvalue weighted by Gasteiger charge is -1.94. The topological polar surface area (TPSA) is 12.9 Å². The van der Waals surface area contributed by atoms with Crippen LogP contribution < -0.4 is 0 Å². The molecule has 2 rings (SSSR count). The number of hydrogen-bond donors (Lipinski definition) is 0. The summed E-state index contributed by atoms with van der Waals surface area (Å²) in [6, 6.07) is 4.07. The maximum absolute atomic E-state index is 5.70. The van der Waals surface area contributed by atoms with Crippen molar-refractivity contribution in [3.8, 4) is 0 Å². The van der Waals surface area contributed by atoms with Crippen molar-refractivity contribution >= 4 is 33.0 Å². The summed E-state index contributed by atoms with van der Waals surface area (Å²) in [4.78, 5) is 4.17. The van der Waals surface area contributed by atoms with Crippen LogP contribution in [0, 0.1) is 0 Å². The van der Waals surface area contributed by atoms with Crippen LogP contribution in [0.25, 0.3) is 10.1 Å². The van der Waals surface area contributed by atoms with Gasteiger partial charge in [-0.15, -0.1) is 22.9 Å². The molecule has 0 fully saturated rings. The smallest absolute Gasteiger partial charge is 0.0653 e. The van der Waals surface area contributed by atoms with Gasteiger partial charge in [0.25, 0.3) is 0 Å². The standard InChI is InChI=1S/C8H6ClNS/c9-5-7-6-2-4-11-8(6)1-3-10-7/h1-4H,5H2. The number of nitrogens with zero attached hydrogens (tertiary/aromatic N) is 1. The molecule has 0 aliphatic heterocycles. The van der Waals surface area contributed by atoms with Crippen LogP contribution in [-0.2, 0) is 5.88 Å². The van der Waals surface area contributed by atoms with Gasteiger partial charge in [-0.1, -0.05) is 0 Å². The molecule has 0 amide bonds.